The van der Waals surface area contributed by atoms with Gasteiger partial charge in [0.2, 0.25) is 11.8 Å². The minimum absolute atomic E-state index is 0.628. The van der Waals surface area contributed by atoms with Gasteiger partial charge < -0.3 is 105 Å². The predicted molar refractivity (Wildman–Crippen MR) is 167 cm³/mol. The number of carbonyl (C=O) groups is 3. The lowest BCUT2D eigenvalue weighted by molar-refractivity contribution is -0.349. The first-order valence-electron chi connectivity index (χ1n) is 17.0. The van der Waals surface area contributed by atoms with Crippen molar-refractivity contribution in [3.05, 3.63) is 0 Å². The Kier molecular flexibility index (Phi) is 15.8. The van der Waals surface area contributed by atoms with E-state index in [1.54, 1.807) is 0 Å². The van der Waals surface area contributed by atoms with Crippen LogP contribution in [0.3, 0.4) is 0 Å². The summed E-state index contributed by atoms with van der Waals surface area (Å²) >= 11 is 0. The maximum Gasteiger partial charge on any atom is 0.302 e. The van der Waals surface area contributed by atoms with Gasteiger partial charge in [-0.15, -0.1) is 0 Å². The van der Waals surface area contributed by atoms with Gasteiger partial charge in [0.1, 0.15) is 104 Å². The molecule has 0 saturated carbocycles. The first kappa shape index (κ1) is 44.4. The van der Waals surface area contributed by atoms with Gasteiger partial charge >= 0.3 is 5.97 Å². The number of aliphatic hydroxyl groups is 11. The molecule has 4 aliphatic heterocycles. The summed E-state index contributed by atoms with van der Waals surface area (Å²) in [5, 5.41) is 120. The SMILES string of the molecule is CC(=O)N[C@@H]1[C@@H](O[C@@H]2O[C@@H]([C@H](O)CO[C@@H]3O[C@H](COC(C)=O)[C@H](O[C@H]4O[C@H](CO)[C@@H](O)[C@H](O)[C@H]4NC(C)=O)[C@H](O)[C@H]3O)[C@H](O)[C@H]2O)[C@@H](O)[C@@H](CO)O[C@@H]1O. The largest absolute Gasteiger partial charge is 0.463 e. The van der Waals surface area contributed by atoms with Crippen LogP contribution in [0, 0.1) is 0 Å². The maximum absolute atomic E-state index is 11.9. The first-order chi connectivity index (χ1) is 25.4. The molecule has 13 N–H and O–H groups in total. The zero-order valence-electron chi connectivity index (χ0n) is 29.3. The summed E-state index contributed by atoms with van der Waals surface area (Å²) < 4.78 is 43.8. The fourth-order valence-electron chi connectivity index (χ4n) is 6.47. The molecule has 0 aromatic carbocycles. The van der Waals surface area contributed by atoms with E-state index in [1.165, 1.54) is 0 Å². The van der Waals surface area contributed by atoms with Crippen molar-refractivity contribution >= 4 is 17.8 Å². The van der Waals surface area contributed by atoms with Crippen molar-refractivity contribution in [3.63, 3.8) is 0 Å². The summed E-state index contributed by atoms with van der Waals surface area (Å²) in [6.45, 7) is 0.237. The quantitative estimate of drug-likeness (QED) is 0.0726. The number of carbonyl (C=O) groups excluding carboxylic acids is 3. The summed E-state index contributed by atoms with van der Waals surface area (Å²) in [7, 11) is 0. The molecule has 0 aromatic heterocycles. The van der Waals surface area contributed by atoms with Crippen LogP contribution in [-0.2, 0) is 52.3 Å². The van der Waals surface area contributed by atoms with Gasteiger partial charge in [0, 0.05) is 20.8 Å². The van der Waals surface area contributed by atoms with Crippen LogP contribution in [0.4, 0.5) is 0 Å². The molecule has 4 saturated heterocycles. The van der Waals surface area contributed by atoms with E-state index >= 15 is 0 Å². The number of hydrogen-bond donors (Lipinski definition) is 13. The molecule has 54 heavy (non-hydrogen) atoms. The molecular weight excluding hydrogens is 740 g/mol. The Labute approximate surface area is 307 Å². The number of amides is 2. The van der Waals surface area contributed by atoms with Crippen LogP contribution in [0.15, 0.2) is 0 Å². The molecule has 4 rings (SSSR count). The molecule has 0 bridgehead atoms. The van der Waals surface area contributed by atoms with E-state index in [0.717, 1.165) is 20.8 Å². The fraction of sp³-hybridized carbons (Fsp3) is 0.900. The highest BCUT2D eigenvalue weighted by Gasteiger charge is 2.54. The number of nitrogens with one attached hydrogen (secondary N) is 2. The lowest BCUT2D eigenvalue weighted by Gasteiger charge is -2.47. The van der Waals surface area contributed by atoms with Crippen molar-refractivity contribution in [2.24, 2.45) is 0 Å². The van der Waals surface area contributed by atoms with E-state index in [0.29, 0.717) is 0 Å². The molecule has 4 aliphatic rings. The Balaban J connectivity index is 1.44. The van der Waals surface area contributed by atoms with Crippen molar-refractivity contribution in [1.29, 1.82) is 0 Å². The molecular formula is C30H50N2O22. The van der Waals surface area contributed by atoms with E-state index in [2.05, 4.69) is 10.6 Å². The molecule has 4 heterocycles. The zero-order valence-corrected chi connectivity index (χ0v) is 29.3. The Morgan fingerprint density at radius 2 is 1.17 bits per heavy atom. The second-order valence-electron chi connectivity index (χ2n) is 13.3. The van der Waals surface area contributed by atoms with Gasteiger partial charge in [0.15, 0.2) is 25.2 Å². The Hall–Kier alpha value is -2.31. The molecule has 0 unspecified atom stereocenters. The van der Waals surface area contributed by atoms with Crippen molar-refractivity contribution in [3.8, 4) is 0 Å². The summed E-state index contributed by atoms with van der Waals surface area (Å²) in [6, 6.07) is -2.89. The van der Waals surface area contributed by atoms with Gasteiger partial charge in [-0.2, -0.15) is 0 Å². The maximum atomic E-state index is 11.9. The van der Waals surface area contributed by atoms with Crippen molar-refractivity contribution in [2.75, 3.05) is 26.4 Å². The van der Waals surface area contributed by atoms with Crippen LogP contribution in [-0.4, -0.2) is 223 Å². The fourth-order valence-corrected chi connectivity index (χ4v) is 6.47. The summed E-state index contributed by atoms with van der Waals surface area (Å²) in [4.78, 5) is 35.3. The molecule has 0 aliphatic carbocycles. The zero-order chi connectivity index (χ0) is 40.2. The third kappa shape index (κ3) is 10.2. The third-order valence-corrected chi connectivity index (χ3v) is 9.23. The lowest BCUT2D eigenvalue weighted by Crippen LogP contribution is -2.67. The topological polar surface area (TPSA) is 372 Å². The van der Waals surface area contributed by atoms with Crippen LogP contribution < -0.4 is 10.6 Å². The van der Waals surface area contributed by atoms with Crippen molar-refractivity contribution in [1.82, 2.24) is 10.6 Å². The molecule has 2 amide bonds. The Bertz CT molecular complexity index is 1250. The average Bonchev–Trinajstić information content (AvgIpc) is 3.39. The van der Waals surface area contributed by atoms with Gasteiger partial charge in [0.05, 0.1) is 19.8 Å². The summed E-state index contributed by atoms with van der Waals surface area (Å²) in [6.07, 6.45) is -30.8. The second-order valence-corrected chi connectivity index (χ2v) is 13.3. The highest BCUT2D eigenvalue weighted by Crippen LogP contribution is 2.33. The van der Waals surface area contributed by atoms with Gasteiger partial charge in [0.25, 0.3) is 0 Å². The van der Waals surface area contributed by atoms with Crippen LogP contribution in [0.25, 0.3) is 0 Å². The minimum Gasteiger partial charge on any atom is -0.463 e. The smallest absolute Gasteiger partial charge is 0.302 e. The minimum atomic E-state index is -1.98. The molecule has 24 nitrogen and oxygen atoms in total. The summed E-state index contributed by atoms with van der Waals surface area (Å²) in [5.74, 6) is -2.14. The Morgan fingerprint density at radius 3 is 1.76 bits per heavy atom. The molecule has 20 atom stereocenters. The predicted octanol–water partition coefficient (Wildman–Crippen LogP) is -8.89. The van der Waals surface area contributed by atoms with Gasteiger partial charge in [-0.1, -0.05) is 0 Å². The number of esters is 1. The van der Waals surface area contributed by atoms with Gasteiger partial charge in [-0.05, 0) is 0 Å². The van der Waals surface area contributed by atoms with Crippen LogP contribution in [0.2, 0.25) is 0 Å². The molecule has 312 valence electrons. The second kappa shape index (κ2) is 19.2. The molecule has 0 aromatic rings. The van der Waals surface area contributed by atoms with E-state index in [9.17, 15) is 70.6 Å². The van der Waals surface area contributed by atoms with Gasteiger partial charge in [-0.25, -0.2) is 0 Å². The number of rotatable bonds is 14. The summed E-state index contributed by atoms with van der Waals surface area (Å²) in [5.41, 5.74) is 0. The van der Waals surface area contributed by atoms with E-state index in [1.807, 2.05) is 0 Å². The lowest BCUT2D eigenvalue weighted by atomic mass is 9.95. The standard InChI is InChI=1S/C30H50N2O22/c1-8(35)31-15-19(41)17(39)12(4-33)50-28(15)53-25-14(7-47-10(3)37)51-29(22(44)21(25)43)48-6-11(38)24-20(42)23(45)30(52-24)54-26-16(32-9(2)36)27(46)49-13(5-34)18(26)40/h11-30,33-34,38-46H,4-7H2,1-3H3,(H,31,35)(H,32,36)/t11-,12-,13-,14-,15-,16-,17-,18+,19-,20-,21-,22-,23-,24+,25+,26-,27+,28-,29-,30+/m1/s1. The molecule has 0 spiro atoms. The van der Waals surface area contributed by atoms with E-state index in [-0.39, 0.29) is 0 Å². The molecule has 0 radical (unpaired) electrons. The third-order valence-electron chi connectivity index (χ3n) is 9.23. The molecule has 4 fully saturated rings. The van der Waals surface area contributed by atoms with Crippen LogP contribution >= 0.6 is 0 Å². The van der Waals surface area contributed by atoms with Crippen molar-refractivity contribution < 1.29 is 108 Å². The number of ether oxygens (including phenoxy) is 8. The van der Waals surface area contributed by atoms with E-state index in [4.69, 9.17) is 37.9 Å². The van der Waals surface area contributed by atoms with Crippen LogP contribution in [0.1, 0.15) is 20.8 Å². The highest BCUT2D eigenvalue weighted by atomic mass is 16.7. The number of hydrogen-bond acceptors (Lipinski definition) is 22. The van der Waals surface area contributed by atoms with Crippen molar-refractivity contribution in [2.45, 2.75) is 143 Å². The Morgan fingerprint density at radius 1 is 0.611 bits per heavy atom. The first-order valence-corrected chi connectivity index (χ1v) is 17.0. The highest BCUT2D eigenvalue weighted by molar-refractivity contribution is 5.73. The van der Waals surface area contributed by atoms with E-state index < -0.39 is 167 Å². The average molecular weight is 791 g/mol. The monoisotopic (exact) mass is 790 g/mol. The van der Waals surface area contributed by atoms with Gasteiger partial charge in [-0.3, -0.25) is 14.4 Å². The number of aliphatic hydroxyl groups excluding tert-OH is 11. The van der Waals surface area contributed by atoms with Crippen LogP contribution in [0.5, 0.6) is 0 Å². The normalized spacial score (nSPS) is 44.7. The molecule has 24 heteroatoms.